The molecule has 0 saturated carbocycles. The zero-order valence-corrected chi connectivity index (χ0v) is 10.9. The Balaban J connectivity index is 2.33. The van der Waals surface area contributed by atoms with Gasteiger partial charge in [-0.25, -0.2) is 4.79 Å². The molecule has 0 aliphatic carbocycles. The van der Waals surface area contributed by atoms with E-state index in [4.69, 9.17) is 4.74 Å². The fourth-order valence-electron chi connectivity index (χ4n) is 1.94. The number of carbonyl (C=O) groups excluding carboxylic acids is 1. The van der Waals surface area contributed by atoms with E-state index in [9.17, 15) is 9.90 Å². The quantitative estimate of drug-likeness (QED) is 0.683. The van der Waals surface area contributed by atoms with E-state index in [-0.39, 0.29) is 12.0 Å². The molecule has 1 unspecified atom stereocenters. The summed E-state index contributed by atoms with van der Waals surface area (Å²) in [5.41, 5.74) is -1.28. The van der Waals surface area contributed by atoms with Crippen molar-refractivity contribution in [3.8, 4) is 0 Å². The first kappa shape index (κ1) is 14.4. The Bertz CT molecular complexity index is 259. The van der Waals surface area contributed by atoms with Gasteiger partial charge in [-0.1, -0.05) is 6.92 Å². The Kier molecular flexibility index (Phi) is 4.91. The van der Waals surface area contributed by atoms with E-state index in [1.807, 2.05) is 0 Å². The van der Waals surface area contributed by atoms with Crippen LogP contribution in [0.2, 0.25) is 0 Å². The lowest BCUT2D eigenvalue weighted by Crippen LogP contribution is -2.48. The lowest BCUT2D eigenvalue weighted by Gasteiger charge is -2.34. The van der Waals surface area contributed by atoms with Crippen LogP contribution < -0.4 is 5.32 Å². The van der Waals surface area contributed by atoms with E-state index in [1.165, 1.54) is 14.0 Å². The first-order chi connectivity index (χ1) is 7.90. The van der Waals surface area contributed by atoms with Gasteiger partial charge in [-0.3, -0.25) is 0 Å². The molecule has 0 amide bonds. The number of methoxy groups -OCH3 is 1. The summed E-state index contributed by atoms with van der Waals surface area (Å²) in [4.78, 5) is 11.3. The van der Waals surface area contributed by atoms with Crippen molar-refractivity contribution in [3.63, 3.8) is 0 Å². The fourth-order valence-corrected chi connectivity index (χ4v) is 1.94. The minimum absolute atomic E-state index is 0.185. The monoisotopic (exact) mass is 245 g/mol. The second-order valence-corrected chi connectivity index (χ2v) is 5.29. The summed E-state index contributed by atoms with van der Waals surface area (Å²) in [5.74, 6) is -0.609. The van der Waals surface area contributed by atoms with Gasteiger partial charge >= 0.3 is 5.97 Å². The molecule has 1 saturated heterocycles. The van der Waals surface area contributed by atoms with Crippen LogP contribution in [0.4, 0.5) is 0 Å². The third-order valence-corrected chi connectivity index (χ3v) is 3.35. The molecule has 0 bridgehead atoms. The average Bonchev–Trinajstić information content (AvgIpc) is 2.28. The molecule has 5 heteroatoms. The number of aliphatic hydroxyl groups is 1. The second kappa shape index (κ2) is 5.80. The molecule has 17 heavy (non-hydrogen) atoms. The average molecular weight is 245 g/mol. The number of rotatable bonds is 5. The number of esters is 1. The van der Waals surface area contributed by atoms with Crippen molar-refractivity contribution >= 4 is 5.97 Å². The predicted octanol–water partition coefficient (Wildman–Crippen LogP) is 0.317. The summed E-state index contributed by atoms with van der Waals surface area (Å²) in [7, 11) is 1.27. The van der Waals surface area contributed by atoms with Gasteiger partial charge in [-0.05, 0) is 25.2 Å². The van der Waals surface area contributed by atoms with Gasteiger partial charge < -0.3 is 19.9 Å². The second-order valence-electron chi connectivity index (χ2n) is 5.29. The molecule has 100 valence electrons. The molecule has 2 N–H and O–H groups in total. The van der Waals surface area contributed by atoms with Gasteiger partial charge in [0.05, 0.1) is 7.11 Å². The topological polar surface area (TPSA) is 67.8 Å². The summed E-state index contributed by atoms with van der Waals surface area (Å²) >= 11 is 0. The number of hydrogen-bond acceptors (Lipinski definition) is 5. The lowest BCUT2D eigenvalue weighted by atomic mass is 9.82. The van der Waals surface area contributed by atoms with Crippen LogP contribution in [0.5, 0.6) is 0 Å². The van der Waals surface area contributed by atoms with Crippen molar-refractivity contribution in [2.24, 2.45) is 5.41 Å². The summed E-state index contributed by atoms with van der Waals surface area (Å²) in [6, 6.07) is 0. The zero-order chi connectivity index (χ0) is 12.9. The molecule has 0 aromatic rings. The van der Waals surface area contributed by atoms with Gasteiger partial charge in [0.1, 0.15) is 0 Å². The number of carbonyl (C=O) groups is 1. The predicted molar refractivity (Wildman–Crippen MR) is 63.7 cm³/mol. The normalized spacial score (nSPS) is 22.8. The maximum atomic E-state index is 11.3. The first-order valence-electron chi connectivity index (χ1n) is 5.99. The maximum absolute atomic E-state index is 11.3. The van der Waals surface area contributed by atoms with Crippen LogP contribution in [0.25, 0.3) is 0 Å². The Labute approximate surface area is 102 Å². The molecule has 0 radical (unpaired) electrons. The molecular weight excluding hydrogens is 222 g/mol. The summed E-state index contributed by atoms with van der Waals surface area (Å²) in [6.45, 7) is 6.18. The van der Waals surface area contributed by atoms with Crippen molar-refractivity contribution < 1.29 is 19.4 Å². The Hall–Kier alpha value is -0.650. The van der Waals surface area contributed by atoms with E-state index >= 15 is 0 Å². The molecule has 0 spiro atoms. The van der Waals surface area contributed by atoms with Crippen molar-refractivity contribution in [2.45, 2.75) is 32.3 Å². The third-order valence-electron chi connectivity index (χ3n) is 3.35. The molecule has 1 aliphatic rings. The highest BCUT2D eigenvalue weighted by Crippen LogP contribution is 2.28. The molecule has 1 heterocycles. The van der Waals surface area contributed by atoms with E-state index in [0.29, 0.717) is 0 Å². The lowest BCUT2D eigenvalue weighted by molar-refractivity contribution is -0.160. The highest BCUT2D eigenvalue weighted by Gasteiger charge is 2.33. The van der Waals surface area contributed by atoms with E-state index in [2.05, 4.69) is 17.0 Å². The van der Waals surface area contributed by atoms with Gasteiger partial charge in [-0.2, -0.15) is 0 Å². The van der Waals surface area contributed by atoms with Gasteiger partial charge in [0.25, 0.3) is 0 Å². The van der Waals surface area contributed by atoms with Crippen LogP contribution in [0.3, 0.4) is 0 Å². The van der Waals surface area contributed by atoms with Crippen molar-refractivity contribution in [3.05, 3.63) is 0 Å². The number of nitrogens with one attached hydrogen (secondary N) is 1. The molecule has 1 aliphatic heterocycles. The zero-order valence-electron chi connectivity index (χ0n) is 10.9. The van der Waals surface area contributed by atoms with Crippen LogP contribution in [0, 0.1) is 5.41 Å². The van der Waals surface area contributed by atoms with E-state index in [1.54, 1.807) is 0 Å². The smallest absolute Gasteiger partial charge is 0.338 e. The molecule has 5 nitrogen and oxygen atoms in total. The van der Waals surface area contributed by atoms with E-state index < -0.39 is 11.6 Å². The standard InChI is InChI=1S/C12H23NO4/c1-11(4-6-17-7-5-11)8-13-9-12(2,15)10(14)16-3/h13,15H,4-9H2,1-3H3. The van der Waals surface area contributed by atoms with Crippen molar-refractivity contribution in [2.75, 3.05) is 33.4 Å². The van der Waals surface area contributed by atoms with Crippen molar-refractivity contribution in [1.82, 2.24) is 5.32 Å². The van der Waals surface area contributed by atoms with Gasteiger partial charge in [0, 0.05) is 26.3 Å². The summed E-state index contributed by atoms with van der Waals surface area (Å²) in [6.07, 6.45) is 2.00. The molecule has 0 aromatic heterocycles. The molecule has 1 rings (SSSR count). The van der Waals surface area contributed by atoms with Gasteiger partial charge in [-0.15, -0.1) is 0 Å². The minimum atomic E-state index is -1.46. The van der Waals surface area contributed by atoms with Gasteiger partial charge in [0.2, 0.25) is 0 Å². The SMILES string of the molecule is COC(=O)C(C)(O)CNCC1(C)CCOCC1. The highest BCUT2D eigenvalue weighted by atomic mass is 16.5. The molecule has 1 atom stereocenters. The van der Waals surface area contributed by atoms with Gasteiger partial charge in [0.15, 0.2) is 5.60 Å². The van der Waals surface area contributed by atoms with Crippen LogP contribution in [-0.2, 0) is 14.3 Å². The number of hydrogen-bond donors (Lipinski definition) is 2. The first-order valence-corrected chi connectivity index (χ1v) is 5.99. The maximum Gasteiger partial charge on any atom is 0.338 e. The summed E-state index contributed by atoms with van der Waals surface area (Å²) in [5, 5.41) is 13.0. The number of ether oxygens (including phenoxy) is 2. The molecule has 0 aromatic carbocycles. The fraction of sp³-hybridized carbons (Fsp3) is 0.917. The largest absolute Gasteiger partial charge is 0.467 e. The van der Waals surface area contributed by atoms with Crippen LogP contribution in [0.15, 0.2) is 0 Å². The molecule has 1 fully saturated rings. The summed E-state index contributed by atoms with van der Waals surface area (Å²) < 4.78 is 9.85. The van der Waals surface area contributed by atoms with Crippen LogP contribution in [-0.4, -0.2) is 50.1 Å². The van der Waals surface area contributed by atoms with Crippen LogP contribution in [0.1, 0.15) is 26.7 Å². The minimum Gasteiger partial charge on any atom is -0.467 e. The van der Waals surface area contributed by atoms with Crippen LogP contribution >= 0.6 is 0 Å². The highest BCUT2D eigenvalue weighted by molar-refractivity contribution is 5.78. The van der Waals surface area contributed by atoms with Crippen molar-refractivity contribution in [1.29, 1.82) is 0 Å². The third kappa shape index (κ3) is 4.26. The Morgan fingerprint density at radius 3 is 2.65 bits per heavy atom. The Morgan fingerprint density at radius 2 is 2.12 bits per heavy atom. The van der Waals surface area contributed by atoms with E-state index in [0.717, 1.165) is 32.6 Å². The molecular formula is C12H23NO4. The Morgan fingerprint density at radius 1 is 1.53 bits per heavy atom.